The Morgan fingerprint density at radius 3 is 2.81 bits per heavy atom. The van der Waals surface area contributed by atoms with Crippen LogP contribution in [0.1, 0.15) is 31.2 Å². The van der Waals surface area contributed by atoms with E-state index in [-0.39, 0.29) is 5.91 Å². The highest BCUT2D eigenvalue weighted by Crippen LogP contribution is 2.28. The number of rotatable bonds is 2. The number of pyridine rings is 1. The first-order chi connectivity index (χ1) is 7.62. The predicted molar refractivity (Wildman–Crippen MR) is 63.0 cm³/mol. The third kappa shape index (κ3) is 2.07. The van der Waals surface area contributed by atoms with Crippen molar-refractivity contribution in [2.24, 2.45) is 5.73 Å². The molecule has 1 heterocycles. The fraction of sp³-hybridized carbons (Fsp3) is 0.500. The Bertz CT molecular complexity index is 397. The van der Waals surface area contributed by atoms with Gasteiger partial charge in [-0.1, -0.05) is 12.8 Å². The van der Waals surface area contributed by atoms with Crippen molar-refractivity contribution in [3.05, 3.63) is 24.0 Å². The molecule has 1 amide bonds. The van der Waals surface area contributed by atoms with Crippen molar-refractivity contribution >= 4 is 11.6 Å². The molecular formula is C12H17N3O. The molecule has 1 aromatic heterocycles. The van der Waals surface area contributed by atoms with E-state index in [9.17, 15) is 4.79 Å². The number of hydrogen-bond donors (Lipinski definition) is 2. The van der Waals surface area contributed by atoms with Gasteiger partial charge in [0.25, 0.3) is 0 Å². The highest BCUT2D eigenvalue weighted by molar-refractivity contribution is 5.98. The van der Waals surface area contributed by atoms with E-state index >= 15 is 0 Å². The van der Waals surface area contributed by atoms with Crippen LogP contribution in [0.5, 0.6) is 0 Å². The van der Waals surface area contributed by atoms with Crippen LogP contribution in [0.3, 0.4) is 0 Å². The smallest absolute Gasteiger partial charge is 0.244 e. The van der Waals surface area contributed by atoms with E-state index in [1.54, 1.807) is 18.5 Å². The second kappa shape index (κ2) is 4.22. The molecule has 0 unspecified atom stereocenters. The zero-order chi connectivity index (χ0) is 11.6. The van der Waals surface area contributed by atoms with Gasteiger partial charge in [0, 0.05) is 18.1 Å². The van der Waals surface area contributed by atoms with Crippen molar-refractivity contribution in [3.63, 3.8) is 0 Å². The lowest BCUT2D eigenvalue weighted by molar-refractivity contribution is -0.121. The third-order valence-electron chi connectivity index (χ3n) is 3.22. The second-order valence-corrected chi connectivity index (χ2v) is 4.51. The van der Waals surface area contributed by atoms with E-state index in [0.717, 1.165) is 36.9 Å². The summed E-state index contributed by atoms with van der Waals surface area (Å²) < 4.78 is 0. The lowest BCUT2D eigenvalue weighted by Crippen LogP contribution is -2.48. The van der Waals surface area contributed by atoms with Gasteiger partial charge in [-0.25, -0.2) is 0 Å². The van der Waals surface area contributed by atoms with Gasteiger partial charge in [-0.2, -0.15) is 0 Å². The molecule has 3 N–H and O–H groups in total. The van der Waals surface area contributed by atoms with Crippen molar-refractivity contribution < 1.29 is 4.79 Å². The third-order valence-corrected chi connectivity index (χ3v) is 3.22. The maximum atomic E-state index is 12.0. The van der Waals surface area contributed by atoms with Crippen molar-refractivity contribution in [2.45, 2.75) is 38.1 Å². The summed E-state index contributed by atoms with van der Waals surface area (Å²) in [7, 11) is 0. The number of carbonyl (C=O) groups excluding carboxylic acids is 1. The molecule has 1 saturated carbocycles. The van der Waals surface area contributed by atoms with Gasteiger partial charge in [0.05, 0.1) is 5.54 Å². The fourth-order valence-electron chi connectivity index (χ4n) is 2.09. The Morgan fingerprint density at radius 1 is 1.50 bits per heavy atom. The fourth-order valence-corrected chi connectivity index (χ4v) is 2.09. The molecule has 0 bridgehead atoms. The number of anilines is 1. The first kappa shape index (κ1) is 11.1. The number of nitrogens with one attached hydrogen (secondary N) is 1. The molecule has 0 aromatic carbocycles. The normalized spacial score (nSPS) is 18.4. The standard InChI is InChI=1S/C12H17N3O/c1-9-8-14-7-4-10(9)15-11(16)12(13)5-2-3-6-12/h4,7-8H,2-3,5-6,13H2,1H3,(H,14,15,16). The van der Waals surface area contributed by atoms with Gasteiger partial charge >= 0.3 is 0 Å². The molecule has 0 spiro atoms. The van der Waals surface area contributed by atoms with E-state index in [4.69, 9.17) is 5.73 Å². The lowest BCUT2D eigenvalue weighted by atomic mass is 9.98. The Kier molecular flexibility index (Phi) is 2.92. The summed E-state index contributed by atoms with van der Waals surface area (Å²) in [4.78, 5) is 16.0. The number of aryl methyl sites for hydroxylation is 1. The van der Waals surface area contributed by atoms with Crippen LogP contribution in [0.15, 0.2) is 18.5 Å². The molecule has 0 aliphatic heterocycles. The monoisotopic (exact) mass is 219 g/mol. The lowest BCUT2D eigenvalue weighted by Gasteiger charge is -2.22. The zero-order valence-electron chi connectivity index (χ0n) is 9.49. The minimum Gasteiger partial charge on any atom is -0.324 e. The Morgan fingerprint density at radius 2 is 2.19 bits per heavy atom. The van der Waals surface area contributed by atoms with Crippen LogP contribution in [0, 0.1) is 6.92 Å². The van der Waals surface area contributed by atoms with Gasteiger partial charge in [0.15, 0.2) is 0 Å². The van der Waals surface area contributed by atoms with E-state index in [1.165, 1.54) is 0 Å². The molecule has 16 heavy (non-hydrogen) atoms. The van der Waals surface area contributed by atoms with Gasteiger partial charge in [-0.15, -0.1) is 0 Å². The highest BCUT2D eigenvalue weighted by Gasteiger charge is 2.37. The minimum atomic E-state index is -0.671. The molecule has 86 valence electrons. The van der Waals surface area contributed by atoms with Gasteiger partial charge in [0.2, 0.25) is 5.91 Å². The van der Waals surface area contributed by atoms with Crippen LogP contribution < -0.4 is 11.1 Å². The first-order valence-corrected chi connectivity index (χ1v) is 5.63. The van der Waals surface area contributed by atoms with Crippen molar-refractivity contribution in [1.29, 1.82) is 0 Å². The molecule has 4 heteroatoms. The molecule has 1 fully saturated rings. The van der Waals surface area contributed by atoms with Crippen LogP contribution in [0.4, 0.5) is 5.69 Å². The summed E-state index contributed by atoms with van der Waals surface area (Å²) >= 11 is 0. The maximum Gasteiger partial charge on any atom is 0.244 e. The van der Waals surface area contributed by atoms with E-state index in [1.807, 2.05) is 6.92 Å². The average molecular weight is 219 g/mol. The van der Waals surface area contributed by atoms with Gasteiger partial charge < -0.3 is 11.1 Å². The van der Waals surface area contributed by atoms with Crippen molar-refractivity contribution in [1.82, 2.24) is 4.98 Å². The van der Waals surface area contributed by atoms with Crippen LogP contribution >= 0.6 is 0 Å². The Hall–Kier alpha value is -1.42. The summed E-state index contributed by atoms with van der Waals surface area (Å²) in [6, 6.07) is 1.80. The van der Waals surface area contributed by atoms with Crippen LogP contribution in [-0.4, -0.2) is 16.4 Å². The van der Waals surface area contributed by atoms with Crippen molar-refractivity contribution in [2.75, 3.05) is 5.32 Å². The topological polar surface area (TPSA) is 68.0 Å². The zero-order valence-corrected chi connectivity index (χ0v) is 9.49. The SMILES string of the molecule is Cc1cnccc1NC(=O)C1(N)CCCC1. The summed E-state index contributed by atoms with van der Waals surface area (Å²) in [6.45, 7) is 1.92. The quantitative estimate of drug-likeness (QED) is 0.793. The maximum absolute atomic E-state index is 12.0. The van der Waals surface area contributed by atoms with Crippen LogP contribution in [-0.2, 0) is 4.79 Å². The van der Waals surface area contributed by atoms with Crippen molar-refractivity contribution in [3.8, 4) is 0 Å². The Labute approximate surface area is 95.3 Å². The average Bonchev–Trinajstić information content (AvgIpc) is 2.70. The number of nitrogens with two attached hydrogens (primary N) is 1. The molecule has 2 rings (SSSR count). The molecule has 1 aliphatic rings. The Balaban J connectivity index is 2.10. The summed E-state index contributed by atoms with van der Waals surface area (Å²) in [6.07, 6.45) is 7.04. The molecule has 0 atom stereocenters. The van der Waals surface area contributed by atoms with Gasteiger partial charge in [-0.3, -0.25) is 9.78 Å². The molecule has 0 radical (unpaired) electrons. The van der Waals surface area contributed by atoms with Gasteiger partial charge in [0.1, 0.15) is 0 Å². The molecule has 1 aromatic rings. The molecule has 1 aliphatic carbocycles. The van der Waals surface area contributed by atoms with E-state index in [2.05, 4.69) is 10.3 Å². The number of hydrogen-bond acceptors (Lipinski definition) is 3. The highest BCUT2D eigenvalue weighted by atomic mass is 16.2. The largest absolute Gasteiger partial charge is 0.324 e. The predicted octanol–water partition coefficient (Wildman–Crippen LogP) is 1.60. The summed E-state index contributed by atoms with van der Waals surface area (Å²) in [5.74, 6) is -0.0701. The number of carbonyl (C=O) groups is 1. The summed E-state index contributed by atoms with van der Waals surface area (Å²) in [5, 5.41) is 2.89. The minimum absolute atomic E-state index is 0.0701. The molecular weight excluding hydrogens is 202 g/mol. The number of aromatic nitrogens is 1. The van der Waals surface area contributed by atoms with E-state index < -0.39 is 5.54 Å². The van der Waals surface area contributed by atoms with Crippen LogP contribution in [0.2, 0.25) is 0 Å². The molecule has 4 nitrogen and oxygen atoms in total. The summed E-state index contributed by atoms with van der Waals surface area (Å²) in [5.41, 5.74) is 7.16. The number of amides is 1. The van der Waals surface area contributed by atoms with Gasteiger partial charge in [-0.05, 0) is 31.4 Å². The van der Waals surface area contributed by atoms with E-state index in [0.29, 0.717) is 0 Å². The first-order valence-electron chi connectivity index (χ1n) is 5.63. The molecule has 0 saturated heterocycles. The van der Waals surface area contributed by atoms with Crippen LogP contribution in [0.25, 0.3) is 0 Å². The second-order valence-electron chi connectivity index (χ2n) is 4.51. The number of nitrogens with zero attached hydrogens (tertiary/aromatic N) is 1.